The van der Waals surface area contributed by atoms with Crippen molar-refractivity contribution in [1.82, 2.24) is 14.5 Å². The van der Waals surface area contributed by atoms with Crippen molar-refractivity contribution in [2.75, 3.05) is 19.6 Å². The molecule has 1 aliphatic rings. The van der Waals surface area contributed by atoms with Crippen LogP contribution in [0.25, 0.3) is 0 Å². The van der Waals surface area contributed by atoms with E-state index in [1.165, 1.54) is 19.0 Å². The summed E-state index contributed by atoms with van der Waals surface area (Å²) >= 11 is 0. The van der Waals surface area contributed by atoms with E-state index in [-0.39, 0.29) is 11.4 Å². The van der Waals surface area contributed by atoms with Crippen LogP contribution in [0.2, 0.25) is 0 Å². The van der Waals surface area contributed by atoms with Gasteiger partial charge in [-0.25, -0.2) is 0 Å². The van der Waals surface area contributed by atoms with Crippen LogP contribution in [0.5, 0.6) is 0 Å². The molecule has 0 radical (unpaired) electrons. The molecule has 2 heterocycles. The van der Waals surface area contributed by atoms with Gasteiger partial charge in [-0.05, 0) is 49.7 Å². The Labute approximate surface area is 100 Å². The van der Waals surface area contributed by atoms with E-state index >= 15 is 0 Å². The van der Waals surface area contributed by atoms with E-state index in [4.69, 9.17) is 0 Å². The van der Waals surface area contributed by atoms with E-state index in [1.54, 1.807) is 6.33 Å². The highest BCUT2D eigenvalue weighted by Gasteiger charge is 2.27. The van der Waals surface area contributed by atoms with Crippen LogP contribution in [0.3, 0.4) is 0 Å². The van der Waals surface area contributed by atoms with Gasteiger partial charge in [0.25, 0.3) is 0 Å². The summed E-state index contributed by atoms with van der Waals surface area (Å²) in [5, 5.41) is 10.6. The molecule has 1 aromatic heterocycles. The van der Waals surface area contributed by atoms with Crippen LogP contribution in [0.4, 0.5) is 5.82 Å². The largest absolute Gasteiger partial charge is 0.381 e. The predicted molar refractivity (Wildman–Crippen MR) is 63.9 cm³/mol. The lowest BCUT2D eigenvalue weighted by Crippen LogP contribution is -2.39. The molecule has 0 saturated carbocycles. The molecule has 0 aromatic carbocycles. The molecule has 0 N–H and O–H groups in total. The van der Waals surface area contributed by atoms with E-state index in [0.29, 0.717) is 0 Å². The zero-order chi connectivity index (χ0) is 12.5. The molecule has 2 rings (SSSR count). The van der Waals surface area contributed by atoms with Crippen LogP contribution in [-0.4, -0.2) is 39.0 Å². The van der Waals surface area contributed by atoms with E-state index in [9.17, 15) is 10.1 Å². The maximum atomic E-state index is 10.6. The van der Waals surface area contributed by atoms with Crippen molar-refractivity contribution < 1.29 is 4.92 Å². The molecular weight excluding hydrogens is 220 g/mol. The number of hydrogen-bond acceptors (Lipinski definition) is 4. The van der Waals surface area contributed by atoms with E-state index in [1.807, 2.05) is 4.57 Å². The van der Waals surface area contributed by atoms with Gasteiger partial charge in [-0.3, -0.25) is 0 Å². The van der Waals surface area contributed by atoms with Crippen LogP contribution in [-0.2, 0) is 5.54 Å². The summed E-state index contributed by atoms with van der Waals surface area (Å²) in [5.41, 5.74) is -0.161. The Morgan fingerprint density at radius 3 is 2.65 bits per heavy atom. The van der Waals surface area contributed by atoms with E-state index in [2.05, 4.69) is 23.7 Å². The first-order valence-electron chi connectivity index (χ1n) is 5.90. The second-order valence-electron chi connectivity index (χ2n) is 5.19. The highest BCUT2D eigenvalue weighted by molar-refractivity contribution is 5.14. The first kappa shape index (κ1) is 12.0. The van der Waals surface area contributed by atoms with Crippen LogP contribution >= 0.6 is 0 Å². The number of imidazole rings is 1. The number of nitro groups is 1. The first-order chi connectivity index (χ1) is 7.99. The molecule has 0 unspecified atom stereocenters. The fourth-order valence-electron chi connectivity index (χ4n) is 2.31. The SMILES string of the molecule is CC(C)(CN1CCCC1)n1cnc([N+](=O)[O-])c1. The van der Waals surface area contributed by atoms with Gasteiger partial charge in [-0.2, -0.15) is 0 Å². The van der Waals surface area contributed by atoms with Crippen molar-refractivity contribution in [2.24, 2.45) is 0 Å². The van der Waals surface area contributed by atoms with Gasteiger partial charge in [-0.15, -0.1) is 0 Å². The molecule has 0 amide bonds. The Kier molecular flexibility index (Phi) is 3.15. The molecule has 0 spiro atoms. The minimum absolute atomic E-state index is 0.0838. The Hall–Kier alpha value is -1.43. The lowest BCUT2D eigenvalue weighted by atomic mass is 10.1. The number of nitrogens with zero attached hydrogens (tertiary/aromatic N) is 4. The maximum absolute atomic E-state index is 10.6. The average Bonchev–Trinajstić information content (AvgIpc) is 2.84. The van der Waals surface area contributed by atoms with Crippen LogP contribution in [0.1, 0.15) is 26.7 Å². The molecule has 1 aliphatic heterocycles. The van der Waals surface area contributed by atoms with Crippen LogP contribution in [0, 0.1) is 10.1 Å². The van der Waals surface area contributed by atoms with Gasteiger partial charge in [0.05, 0.1) is 5.54 Å². The third-order valence-corrected chi connectivity index (χ3v) is 3.26. The molecule has 0 atom stereocenters. The van der Waals surface area contributed by atoms with E-state index < -0.39 is 4.92 Å². The van der Waals surface area contributed by atoms with Gasteiger partial charge >= 0.3 is 5.82 Å². The highest BCUT2D eigenvalue weighted by atomic mass is 16.6. The second kappa shape index (κ2) is 4.44. The third kappa shape index (κ3) is 2.63. The van der Waals surface area contributed by atoms with Crippen molar-refractivity contribution in [3.63, 3.8) is 0 Å². The number of likely N-dealkylation sites (tertiary alicyclic amines) is 1. The summed E-state index contributed by atoms with van der Waals surface area (Å²) < 4.78 is 1.84. The van der Waals surface area contributed by atoms with Crippen molar-refractivity contribution in [3.8, 4) is 0 Å². The third-order valence-electron chi connectivity index (χ3n) is 3.26. The molecule has 94 valence electrons. The normalized spacial score (nSPS) is 17.5. The minimum atomic E-state index is -0.456. The summed E-state index contributed by atoms with van der Waals surface area (Å²) in [4.78, 5) is 16.3. The lowest BCUT2D eigenvalue weighted by molar-refractivity contribution is -0.389. The summed E-state index contributed by atoms with van der Waals surface area (Å²) in [6.07, 6.45) is 5.56. The summed E-state index contributed by atoms with van der Waals surface area (Å²) in [6, 6.07) is 0. The van der Waals surface area contributed by atoms with Crippen LogP contribution in [0.15, 0.2) is 12.5 Å². The predicted octanol–water partition coefficient (Wildman–Crippen LogP) is 1.62. The molecule has 6 heteroatoms. The second-order valence-corrected chi connectivity index (χ2v) is 5.19. The van der Waals surface area contributed by atoms with Gasteiger partial charge in [0.15, 0.2) is 0 Å². The molecule has 1 aromatic rings. The zero-order valence-electron chi connectivity index (χ0n) is 10.3. The van der Waals surface area contributed by atoms with Crippen molar-refractivity contribution in [1.29, 1.82) is 0 Å². The molecular formula is C11H18N4O2. The minimum Gasteiger partial charge on any atom is -0.358 e. The molecule has 1 saturated heterocycles. The fraction of sp³-hybridized carbons (Fsp3) is 0.727. The smallest absolute Gasteiger partial charge is 0.358 e. The molecule has 17 heavy (non-hydrogen) atoms. The topological polar surface area (TPSA) is 64.2 Å². The Morgan fingerprint density at radius 1 is 1.47 bits per heavy atom. The highest BCUT2D eigenvalue weighted by Crippen LogP contribution is 2.21. The Balaban J connectivity index is 2.09. The van der Waals surface area contributed by atoms with Gasteiger partial charge in [0.1, 0.15) is 6.20 Å². The number of rotatable bonds is 4. The molecule has 0 aliphatic carbocycles. The van der Waals surface area contributed by atoms with Gasteiger partial charge in [0.2, 0.25) is 6.33 Å². The first-order valence-corrected chi connectivity index (χ1v) is 5.90. The standard InChI is InChI=1S/C11H18N4O2/c1-11(2,8-13-5-3-4-6-13)14-7-10(12-9-14)15(16)17/h7,9H,3-6,8H2,1-2H3. The number of hydrogen-bond donors (Lipinski definition) is 0. The quantitative estimate of drug-likeness (QED) is 0.590. The summed E-state index contributed by atoms with van der Waals surface area (Å²) in [7, 11) is 0. The van der Waals surface area contributed by atoms with Crippen molar-refractivity contribution in [2.45, 2.75) is 32.2 Å². The Bertz CT molecular complexity index is 407. The van der Waals surface area contributed by atoms with Crippen molar-refractivity contribution in [3.05, 3.63) is 22.6 Å². The molecule has 1 fully saturated rings. The molecule has 6 nitrogen and oxygen atoms in total. The lowest BCUT2D eigenvalue weighted by Gasteiger charge is -2.30. The summed E-state index contributed by atoms with van der Waals surface area (Å²) in [6.45, 7) is 7.31. The van der Waals surface area contributed by atoms with E-state index in [0.717, 1.165) is 19.6 Å². The van der Waals surface area contributed by atoms with Gasteiger partial charge in [-0.1, -0.05) is 0 Å². The molecule has 0 bridgehead atoms. The fourth-order valence-corrected chi connectivity index (χ4v) is 2.31. The average molecular weight is 238 g/mol. The van der Waals surface area contributed by atoms with Gasteiger partial charge in [0, 0.05) is 6.54 Å². The van der Waals surface area contributed by atoms with Gasteiger partial charge < -0.3 is 19.6 Å². The maximum Gasteiger partial charge on any atom is 0.381 e. The Morgan fingerprint density at radius 2 is 2.12 bits per heavy atom. The summed E-state index contributed by atoms with van der Waals surface area (Å²) in [5.74, 6) is -0.0838. The van der Waals surface area contributed by atoms with Crippen LogP contribution < -0.4 is 0 Å². The number of aromatic nitrogens is 2. The van der Waals surface area contributed by atoms with Crippen molar-refractivity contribution >= 4 is 5.82 Å². The monoisotopic (exact) mass is 238 g/mol. The zero-order valence-corrected chi connectivity index (χ0v) is 10.3.